The lowest BCUT2D eigenvalue weighted by Crippen LogP contribution is -2.11. The average molecular weight is 124 g/mol. The molecule has 1 amide bonds. The van der Waals surface area contributed by atoms with Gasteiger partial charge in [0.1, 0.15) is 0 Å². The van der Waals surface area contributed by atoms with Gasteiger partial charge >= 0.3 is 0 Å². The highest BCUT2D eigenvalue weighted by Crippen LogP contribution is 1.88. The maximum absolute atomic E-state index is 10.5. The van der Waals surface area contributed by atoms with E-state index in [9.17, 15) is 4.79 Å². The van der Waals surface area contributed by atoms with Gasteiger partial charge in [-0.05, 0) is 0 Å². The molecule has 0 bridgehead atoms. The smallest absolute Gasteiger partial charge is 0.270 e. The van der Waals surface area contributed by atoms with Crippen LogP contribution < -0.4 is 0 Å². The Morgan fingerprint density at radius 2 is 2.56 bits per heavy atom. The number of nitrogens with zero attached hydrogens (tertiary/aromatic N) is 2. The second-order valence-corrected chi connectivity index (χ2v) is 1.91. The van der Waals surface area contributed by atoms with Crippen LogP contribution in [0.4, 0.5) is 0 Å². The van der Waals surface area contributed by atoms with Crippen LogP contribution in [0.1, 0.15) is 0 Å². The molecule has 0 spiro atoms. The van der Waals surface area contributed by atoms with Crippen molar-refractivity contribution in [3.63, 3.8) is 0 Å². The number of carbonyl (C=O) groups is 1. The van der Waals surface area contributed by atoms with Crippen LogP contribution in [0.5, 0.6) is 0 Å². The van der Waals surface area contributed by atoms with Gasteiger partial charge in [0.25, 0.3) is 5.91 Å². The minimum Gasteiger partial charge on any atom is -0.375 e. The molecule has 1 aliphatic rings. The standard InChI is InChI=1S/C6H8N2O/c1-8-4-2-6(9)7-3-5-8/h2-4H,5H2,1H3. The van der Waals surface area contributed by atoms with E-state index in [1.165, 1.54) is 6.08 Å². The molecular weight excluding hydrogens is 116 g/mol. The first kappa shape index (κ1) is 6.01. The van der Waals surface area contributed by atoms with E-state index in [2.05, 4.69) is 4.99 Å². The Kier molecular flexibility index (Phi) is 1.63. The third-order valence-electron chi connectivity index (χ3n) is 1.06. The summed E-state index contributed by atoms with van der Waals surface area (Å²) in [6.45, 7) is 0.711. The van der Waals surface area contributed by atoms with Crippen molar-refractivity contribution in [1.82, 2.24) is 4.90 Å². The molecular formula is C6H8N2O. The van der Waals surface area contributed by atoms with E-state index in [0.29, 0.717) is 6.54 Å². The number of hydrogen-bond acceptors (Lipinski definition) is 2. The van der Waals surface area contributed by atoms with Crippen molar-refractivity contribution in [2.75, 3.05) is 13.6 Å². The van der Waals surface area contributed by atoms with Crippen LogP contribution in [0.25, 0.3) is 0 Å². The van der Waals surface area contributed by atoms with Gasteiger partial charge in [0.05, 0.1) is 6.54 Å². The molecule has 0 saturated heterocycles. The molecule has 0 radical (unpaired) electrons. The van der Waals surface area contributed by atoms with Crippen molar-refractivity contribution in [2.45, 2.75) is 0 Å². The van der Waals surface area contributed by atoms with Crippen LogP contribution in [0, 0.1) is 0 Å². The normalized spacial score (nSPS) is 18.3. The fourth-order valence-corrected chi connectivity index (χ4v) is 0.554. The van der Waals surface area contributed by atoms with Gasteiger partial charge in [-0.1, -0.05) is 0 Å². The third-order valence-corrected chi connectivity index (χ3v) is 1.06. The Morgan fingerprint density at radius 1 is 1.78 bits per heavy atom. The topological polar surface area (TPSA) is 32.7 Å². The molecule has 0 fully saturated rings. The molecule has 0 aromatic heterocycles. The Bertz CT molecular complexity index is 172. The van der Waals surface area contributed by atoms with Gasteiger partial charge in [-0.3, -0.25) is 4.79 Å². The van der Waals surface area contributed by atoms with E-state index < -0.39 is 0 Å². The quantitative estimate of drug-likeness (QED) is 0.457. The van der Waals surface area contributed by atoms with Crippen LogP contribution in [-0.2, 0) is 4.79 Å². The summed E-state index contributed by atoms with van der Waals surface area (Å²) >= 11 is 0. The molecule has 0 aliphatic carbocycles. The predicted molar refractivity (Wildman–Crippen MR) is 35.3 cm³/mol. The van der Waals surface area contributed by atoms with Crippen LogP contribution >= 0.6 is 0 Å². The van der Waals surface area contributed by atoms with Crippen molar-refractivity contribution in [2.24, 2.45) is 4.99 Å². The first-order valence-corrected chi connectivity index (χ1v) is 2.74. The monoisotopic (exact) mass is 124 g/mol. The fraction of sp³-hybridized carbons (Fsp3) is 0.333. The van der Waals surface area contributed by atoms with E-state index in [1.807, 2.05) is 11.9 Å². The van der Waals surface area contributed by atoms with Gasteiger partial charge in [-0.25, -0.2) is 4.99 Å². The minimum absolute atomic E-state index is 0.181. The van der Waals surface area contributed by atoms with Gasteiger partial charge < -0.3 is 4.90 Å². The van der Waals surface area contributed by atoms with Crippen molar-refractivity contribution in [1.29, 1.82) is 0 Å². The zero-order chi connectivity index (χ0) is 6.69. The largest absolute Gasteiger partial charge is 0.375 e. The Labute approximate surface area is 53.7 Å². The first-order valence-electron chi connectivity index (χ1n) is 2.74. The molecule has 1 heterocycles. The molecule has 0 N–H and O–H groups in total. The van der Waals surface area contributed by atoms with Crippen LogP contribution in [0.15, 0.2) is 17.3 Å². The van der Waals surface area contributed by atoms with Gasteiger partial charge in [0.15, 0.2) is 0 Å². The second kappa shape index (κ2) is 2.44. The Morgan fingerprint density at radius 3 is 3.33 bits per heavy atom. The highest BCUT2D eigenvalue weighted by Gasteiger charge is 1.95. The summed E-state index contributed by atoms with van der Waals surface area (Å²) in [5, 5.41) is 0. The lowest BCUT2D eigenvalue weighted by Gasteiger charge is -2.05. The second-order valence-electron chi connectivity index (χ2n) is 1.91. The first-order chi connectivity index (χ1) is 4.29. The van der Waals surface area contributed by atoms with Crippen LogP contribution in [0.2, 0.25) is 0 Å². The predicted octanol–water partition coefficient (Wildman–Crippen LogP) is 0.0429. The molecule has 0 atom stereocenters. The van der Waals surface area contributed by atoms with Crippen LogP contribution in [0.3, 0.4) is 0 Å². The third kappa shape index (κ3) is 1.68. The van der Waals surface area contributed by atoms with E-state index in [-0.39, 0.29) is 5.91 Å². The van der Waals surface area contributed by atoms with E-state index in [0.717, 1.165) is 0 Å². The minimum atomic E-state index is -0.181. The number of hydrogen-bond donors (Lipinski definition) is 0. The van der Waals surface area contributed by atoms with E-state index in [1.54, 1.807) is 12.4 Å². The SMILES string of the molecule is CN1C=CC(=O)N=CC1. The maximum atomic E-state index is 10.5. The Hall–Kier alpha value is -1.12. The lowest BCUT2D eigenvalue weighted by atomic mass is 10.6. The molecule has 0 aromatic carbocycles. The number of amides is 1. The molecule has 48 valence electrons. The molecule has 9 heavy (non-hydrogen) atoms. The van der Waals surface area contributed by atoms with Gasteiger partial charge in [0.2, 0.25) is 0 Å². The molecule has 1 aliphatic heterocycles. The molecule has 3 heteroatoms. The summed E-state index contributed by atoms with van der Waals surface area (Å²) < 4.78 is 0. The van der Waals surface area contributed by atoms with Gasteiger partial charge in [0, 0.05) is 25.5 Å². The van der Waals surface area contributed by atoms with Crippen molar-refractivity contribution < 1.29 is 4.79 Å². The zero-order valence-corrected chi connectivity index (χ0v) is 5.24. The van der Waals surface area contributed by atoms with Gasteiger partial charge in [-0.2, -0.15) is 0 Å². The molecule has 1 rings (SSSR count). The Balaban J connectivity index is 2.69. The van der Waals surface area contributed by atoms with Crippen molar-refractivity contribution in [3.05, 3.63) is 12.3 Å². The number of aliphatic imine (C=N–C) groups is 1. The van der Waals surface area contributed by atoms with Crippen molar-refractivity contribution >= 4 is 12.1 Å². The average Bonchev–Trinajstić information content (AvgIpc) is 1.97. The summed E-state index contributed by atoms with van der Waals surface area (Å²) in [4.78, 5) is 16.0. The highest BCUT2D eigenvalue weighted by atomic mass is 16.1. The molecule has 0 saturated carbocycles. The summed E-state index contributed by atoms with van der Waals surface area (Å²) in [6.07, 6.45) is 4.77. The number of carbonyl (C=O) groups excluding carboxylic acids is 1. The molecule has 3 nitrogen and oxygen atoms in total. The fourth-order valence-electron chi connectivity index (χ4n) is 0.554. The summed E-state index contributed by atoms with van der Waals surface area (Å²) in [6, 6.07) is 0. The maximum Gasteiger partial charge on any atom is 0.270 e. The summed E-state index contributed by atoms with van der Waals surface area (Å²) in [7, 11) is 1.89. The number of rotatable bonds is 0. The van der Waals surface area contributed by atoms with Crippen molar-refractivity contribution in [3.8, 4) is 0 Å². The summed E-state index contributed by atoms with van der Waals surface area (Å²) in [5.41, 5.74) is 0. The van der Waals surface area contributed by atoms with Gasteiger partial charge in [-0.15, -0.1) is 0 Å². The van der Waals surface area contributed by atoms with Crippen LogP contribution in [-0.4, -0.2) is 30.6 Å². The van der Waals surface area contributed by atoms with E-state index in [4.69, 9.17) is 0 Å². The highest BCUT2D eigenvalue weighted by molar-refractivity contribution is 5.94. The lowest BCUT2D eigenvalue weighted by molar-refractivity contribution is -0.113. The summed E-state index contributed by atoms with van der Waals surface area (Å²) in [5.74, 6) is -0.181. The molecule has 0 unspecified atom stereocenters. The van der Waals surface area contributed by atoms with E-state index >= 15 is 0 Å². The zero-order valence-electron chi connectivity index (χ0n) is 5.24. The molecule has 0 aromatic rings.